The Morgan fingerprint density at radius 1 is 1.08 bits per heavy atom. The van der Waals surface area contributed by atoms with Crippen molar-refractivity contribution < 1.29 is 0 Å². The Labute approximate surface area is 74.8 Å². The minimum absolute atomic E-state index is 0. The van der Waals surface area contributed by atoms with Gasteiger partial charge in [0.25, 0.3) is 0 Å². The van der Waals surface area contributed by atoms with Gasteiger partial charge < -0.3 is 11.1 Å². The molecule has 2 heteroatoms. The molecule has 0 atom stereocenters. The summed E-state index contributed by atoms with van der Waals surface area (Å²) in [4.78, 5) is 2.20. The molecule has 0 unspecified atom stereocenters. The summed E-state index contributed by atoms with van der Waals surface area (Å²) in [5.41, 5.74) is 1.42. The van der Waals surface area contributed by atoms with Crippen LogP contribution in [-0.4, -0.2) is 25.5 Å². The summed E-state index contributed by atoms with van der Waals surface area (Å²) in [7, 11) is 4.20. The molecule has 1 aromatic rings. The van der Waals surface area contributed by atoms with Crippen LogP contribution in [0.4, 0.5) is 0 Å². The van der Waals surface area contributed by atoms with E-state index in [0.717, 1.165) is 13.0 Å². The van der Waals surface area contributed by atoms with Crippen molar-refractivity contribution in [1.29, 1.82) is 0 Å². The zero-order valence-electron chi connectivity index (χ0n) is 7.96. The fourth-order valence-electron chi connectivity index (χ4n) is 0.997. The third-order valence-electron chi connectivity index (χ3n) is 1.69. The molecule has 0 saturated carbocycles. The average molecular weight is 166 g/mol. The van der Waals surface area contributed by atoms with Crippen LogP contribution in [0, 0.1) is 0 Å². The quantitative estimate of drug-likeness (QED) is 0.745. The number of hydrogen-bond acceptors (Lipinski definition) is 2. The van der Waals surface area contributed by atoms with E-state index in [-0.39, 0.29) is 6.15 Å². The molecule has 0 bridgehead atoms. The fourth-order valence-corrected chi connectivity index (χ4v) is 0.997. The van der Waals surface area contributed by atoms with Crippen molar-refractivity contribution in [2.75, 3.05) is 20.6 Å². The molecule has 0 aliphatic carbocycles. The van der Waals surface area contributed by atoms with Gasteiger partial charge in [-0.3, -0.25) is 0 Å². The SMILES string of the molecule is CN(C)CCc1ccccc1.N. The van der Waals surface area contributed by atoms with Gasteiger partial charge in [0.1, 0.15) is 0 Å². The van der Waals surface area contributed by atoms with Crippen LogP contribution in [0.5, 0.6) is 0 Å². The van der Waals surface area contributed by atoms with Crippen LogP contribution < -0.4 is 6.15 Å². The lowest BCUT2D eigenvalue weighted by Crippen LogP contribution is -2.14. The molecule has 3 N–H and O–H groups in total. The van der Waals surface area contributed by atoms with Crippen molar-refractivity contribution in [3.8, 4) is 0 Å². The van der Waals surface area contributed by atoms with Gasteiger partial charge in [0, 0.05) is 6.54 Å². The van der Waals surface area contributed by atoms with Crippen molar-refractivity contribution in [3.63, 3.8) is 0 Å². The predicted octanol–water partition coefficient (Wildman–Crippen LogP) is 1.95. The topological polar surface area (TPSA) is 38.2 Å². The normalized spacial score (nSPS) is 9.58. The summed E-state index contributed by atoms with van der Waals surface area (Å²) >= 11 is 0. The minimum Gasteiger partial charge on any atom is -0.344 e. The number of nitrogens with zero attached hydrogens (tertiary/aromatic N) is 1. The maximum absolute atomic E-state index is 2.20. The molecule has 0 heterocycles. The molecule has 0 fully saturated rings. The van der Waals surface area contributed by atoms with Crippen LogP contribution in [-0.2, 0) is 6.42 Å². The van der Waals surface area contributed by atoms with E-state index in [2.05, 4.69) is 49.3 Å². The molecule has 0 saturated heterocycles. The molecule has 0 aliphatic heterocycles. The van der Waals surface area contributed by atoms with Gasteiger partial charge in [0.2, 0.25) is 0 Å². The summed E-state index contributed by atoms with van der Waals surface area (Å²) in [6.45, 7) is 1.13. The van der Waals surface area contributed by atoms with Crippen molar-refractivity contribution in [1.82, 2.24) is 11.1 Å². The monoisotopic (exact) mass is 166 g/mol. The lowest BCUT2D eigenvalue weighted by molar-refractivity contribution is 0.413. The molecule has 1 rings (SSSR count). The lowest BCUT2D eigenvalue weighted by atomic mass is 10.1. The van der Waals surface area contributed by atoms with Crippen LogP contribution in [0.1, 0.15) is 5.56 Å². The summed E-state index contributed by atoms with van der Waals surface area (Å²) < 4.78 is 0. The number of hydrogen-bond donors (Lipinski definition) is 1. The molecule has 0 aromatic heterocycles. The van der Waals surface area contributed by atoms with E-state index in [9.17, 15) is 0 Å². The first kappa shape index (κ1) is 11.1. The highest BCUT2D eigenvalue weighted by Crippen LogP contribution is 1.99. The molecule has 68 valence electrons. The summed E-state index contributed by atoms with van der Waals surface area (Å²) in [6, 6.07) is 10.6. The Morgan fingerprint density at radius 2 is 1.67 bits per heavy atom. The van der Waals surface area contributed by atoms with Gasteiger partial charge in [-0.05, 0) is 26.1 Å². The zero-order chi connectivity index (χ0) is 8.10. The van der Waals surface area contributed by atoms with Gasteiger partial charge in [-0.2, -0.15) is 0 Å². The summed E-state index contributed by atoms with van der Waals surface area (Å²) in [5.74, 6) is 0. The van der Waals surface area contributed by atoms with Crippen LogP contribution in [0.25, 0.3) is 0 Å². The van der Waals surface area contributed by atoms with E-state index < -0.39 is 0 Å². The Bertz CT molecular complexity index is 194. The first-order valence-electron chi connectivity index (χ1n) is 3.97. The average Bonchev–Trinajstić information content (AvgIpc) is 2.03. The molecule has 1 aromatic carbocycles. The Kier molecular flexibility index (Phi) is 5.34. The first-order chi connectivity index (χ1) is 5.29. The molecule has 0 aliphatic rings. The molecular weight excluding hydrogens is 148 g/mol. The van der Waals surface area contributed by atoms with Gasteiger partial charge in [0.15, 0.2) is 0 Å². The number of rotatable bonds is 3. The zero-order valence-corrected chi connectivity index (χ0v) is 7.96. The van der Waals surface area contributed by atoms with Gasteiger partial charge in [0.05, 0.1) is 0 Å². The van der Waals surface area contributed by atoms with Crippen molar-refractivity contribution in [3.05, 3.63) is 35.9 Å². The minimum atomic E-state index is 0. The third kappa shape index (κ3) is 4.11. The fraction of sp³-hybridized carbons (Fsp3) is 0.400. The number of likely N-dealkylation sites (N-methyl/N-ethyl adjacent to an activating group) is 1. The molecule has 0 amide bonds. The highest BCUT2D eigenvalue weighted by atomic mass is 15.0. The second-order valence-corrected chi connectivity index (χ2v) is 3.04. The van der Waals surface area contributed by atoms with Crippen LogP contribution in [0.3, 0.4) is 0 Å². The third-order valence-corrected chi connectivity index (χ3v) is 1.69. The standard InChI is InChI=1S/C10H15N.H3N/c1-11(2)9-8-10-6-4-3-5-7-10;/h3-7H,8-9H2,1-2H3;1H3. The maximum Gasteiger partial charge on any atom is 0.00157 e. The molecule has 0 radical (unpaired) electrons. The van der Waals surface area contributed by atoms with Crippen LogP contribution in [0.15, 0.2) is 30.3 Å². The Balaban J connectivity index is 0.00000121. The second kappa shape index (κ2) is 5.75. The van der Waals surface area contributed by atoms with Crippen molar-refractivity contribution >= 4 is 0 Å². The van der Waals surface area contributed by atoms with Gasteiger partial charge in [-0.25, -0.2) is 0 Å². The van der Waals surface area contributed by atoms with E-state index in [0.29, 0.717) is 0 Å². The van der Waals surface area contributed by atoms with Crippen LogP contribution in [0.2, 0.25) is 0 Å². The Morgan fingerprint density at radius 3 is 2.17 bits per heavy atom. The van der Waals surface area contributed by atoms with E-state index >= 15 is 0 Å². The van der Waals surface area contributed by atoms with Crippen molar-refractivity contribution in [2.24, 2.45) is 0 Å². The van der Waals surface area contributed by atoms with Crippen molar-refractivity contribution in [2.45, 2.75) is 6.42 Å². The van der Waals surface area contributed by atoms with E-state index in [1.54, 1.807) is 0 Å². The van der Waals surface area contributed by atoms with Gasteiger partial charge in [-0.1, -0.05) is 30.3 Å². The Hall–Kier alpha value is -0.860. The van der Waals surface area contributed by atoms with E-state index in [4.69, 9.17) is 0 Å². The van der Waals surface area contributed by atoms with Gasteiger partial charge >= 0.3 is 0 Å². The molecule has 0 spiro atoms. The molecule has 12 heavy (non-hydrogen) atoms. The first-order valence-corrected chi connectivity index (χ1v) is 3.97. The van der Waals surface area contributed by atoms with E-state index in [1.165, 1.54) is 5.56 Å². The maximum atomic E-state index is 2.20. The highest BCUT2D eigenvalue weighted by Gasteiger charge is 1.91. The molecular formula is C10H18N2. The highest BCUT2D eigenvalue weighted by molar-refractivity contribution is 5.14. The second-order valence-electron chi connectivity index (χ2n) is 3.04. The van der Waals surface area contributed by atoms with Crippen LogP contribution >= 0.6 is 0 Å². The summed E-state index contributed by atoms with van der Waals surface area (Å²) in [5, 5.41) is 0. The van der Waals surface area contributed by atoms with Gasteiger partial charge in [-0.15, -0.1) is 0 Å². The molecule has 2 nitrogen and oxygen atoms in total. The largest absolute Gasteiger partial charge is 0.344 e. The lowest BCUT2D eigenvalue weighted by Gasteiger charge is -2.08. The van der Waals surface area contributed by atoms with E-state index in [1.807, 2.05) is 0 Å². The predicted molar refractivity (Wildman–Crippen MR) is 53.7 cm³/mol. The number of benzene rings is 1. The summed E-state index contributed by atoms with van der Waals surface area (Å²) in [6.07, 6.45) is 1.15. The smallest absolute Gasteiger partial charge is 0.00157 e.